The fraction of sp³-hybridized carbons (Fsp3) is 0.562. The van der Waals surface area contributed by atoms with E-state index in [0.29, 0.717) is 23.4 Å². The molecule has 0 bridgehead atoms. The van der Waals surface area contributed by atoms with Crippen molar-refractivity contribution >= 4 is 17.5 Å². The van der Waals surface area contributed by atoms with Crippen LogP contribution < -0.4 is 15.4 Å². The van der Waals surface area contributed by atoms with E-state index in [-0.39, 0.29) is 5.91 Å². The molecule has 1 amide bonds. The topological polar surface area (TPSA) is 50.4 Å². The third-order valence-corrected chi connectivity index (χ3v) is 3.68. The van der Waals surface area contributed by atoms with Crippen LogP contribution in [0, 0.1) is 0 Å². The molecule has 0 aromatic heterocycles. The third kappa shape index (κ3) is 4.90. The van der Waals surface area contributed by atoms with E-state index in [1.807, 2.05) is 12.1 Å². The number of benzene rings is 1. The molecule has 1 unspecified atom stereocenters. The molecule has 4 nitrogen and oxygen atoms in total. The Hall–Kier alpha value is -1.26. The van der Waals surface area contributed by atoms with Crippen LogP contribution in [0.2, 0.25) is 5.02 Å². The van der Waals surface area contributed by atoms with Crippen LogP contribution in [0.4, 0.5) is 0 Å². The van der Waals surface area contributed by atoms with Crippen LogP contribution in [0.25, 0.3) is 0 Å². The smallest absolute Gasteiger partial charge is 0.260 e. The Kier molecular flexibility index (Phi) is 5.88. The summed E-state index contributed by atoms with van der Waals surface area (Å²) in [5.41, 5.74) is 0.974. The van der Waals surface area contributed by atoms with Gasteiger partial charge in [-0.05, 0) is 38.8 Å². The van der Waals surface area contributed by atoms with E-state index in [2.05, 4.69) is 17.6 Å². The van der Waals surface area contributed by atoms with Gasteiger partial charge in [-0.1, -0.05) is 30.7 Å². The molecule has 0 spiro atoms. The van der Waals surface area contributed by atoms with Gasteiger partial charge in [0, 0.05) is 18.2 Å². The molecule has 1 aliphatic carbocycles. The summed E-state index contributed by atoms with van der Waals surface area (Å²) in [5, 5.41) is 6.81. The second-order valence-electron chi connectivity index (χ2n) is 5.45. The van der Waals surface area contributed by atoms with Gasteiger partial charge in [0.25, 0.3) is 5.91 Å². The number of hydrogen-bond acceptors (Lipinski definition) is 3. The molecule has 2 N–H and O–H groups in total. The maximum absolute atomic E-state index is 12.0. The maximum atomic E-state index is 12.0. The molecule has 0 heterocycles. The van der Waals surface area contributed by atoms with Gasteiger partial charge < -0.3 is 15.4 Å². The zero-order valence-electron chi connectivity index (χ0n) is 12.6. The number of nitrogens with one attached hydrogen (secondary N) is 2. The van der Waals surface area contributed by atoms with Crippen LogP contribution in [0.3, 0.4) is 0 Å². The lowest BCUT2D eigenvalue weighted by Crippen LogP contribution is -2.37. The van der Waals surface area contributed by atoms with Crippen molar-refractivity contribution < 1.29 is 9.53 Å². The molecule has 0 saturated heterocycles. The van der Waals surface area contributed by atoms with E-state index in [1.165, 1.54) is 0 Å². The van der Waals surface area contributed by atoms with Gasteiger partial charge in [0.1, 0.15) is 5.75 Å². The lowest BCUT2D eigenvalue weighted by atomic mass is 10.2. The fourth-order valence-electron chi connectivity index (χ4n) is 2.00. The van der Waals surface area contributed by atoms with Crippen LogP contribution in [-0.2, 0) is 11.3 Å². The van der Waals surface area contributed by atoms with Crippen LogP contribution in [0.5, 0.6) is 5.75 Å². The van der Waals surface area contributed by atoms with Gasteiger partial charge >= 0.3 is 0 Å². The second kappa shape index (κ2) is 7.66. The predicted molar refractivity (Wildman–Crippen MR) is 84.7 cm³/mol. The number of ether oxygens (including phenoxy) is 1. The van der Waals surface area contributed by atoms with Crippen LogP contribution in [0.1, 0.15) is 38.7 Å². The minimum Gasteiger partial charge on any atom is -0.479 e. The summed E-state index contributed by atoms with van der Waals surface area (Å²) in [6.07, 6.45) is 2.65. The van der Waals surface area contributed by atoms with Gasteiger partial charge in [-0.25, -0.2) is 0 Å². The number of hydrogen-bond donors (Lipinski definition) is 2. The SMILES string of the molecule is CCCNCc1cccc(Cl)c1OC(C)C(=O)NC1CC1. The summed E-state index contributed by atoms with van der Waals surface area (Å²) in [6, 6.07) is 5.98. The molecule has 116 valence electrons. The van der Waals surface area contributed by atoms with Crippen molar-refractivity contribution in [2.75, 3.05) is 6.54 Å². The van der Waals surface area contributed by atoms with E-state index >= 15 is 0 Å². The number of amides is 1. The minimum absolute atomic E-state index is 0.0788. The van der Waals surface area contributed by atoms with Gasteiger partial charge in [0.2, 0.25) is 0 Å². The monoisotopic (exact) mass is 310 g/mol. The van der Waals surface area contributed by atoms with Crippen molar-refractivity contribution in [3.05, 3.63) is 28.8 Å². The summed E-state index contributed by atoms with van der Waals surface area (Å²) in [5.74, 6) is 0.520. The summed E-state index contributed by atoms with van der Waals surface area (Å²) < 4.78 is 5.81. The van der Waals surface area contributed by atoms with Crippen LogP contribution in [-0.4, -0.2) is 24.6 Å². The molecule has 1 saturated carbocycles. The molecule has 21 heavy (non-hydrogen) atoms. The fourth-order valence-corrected chi connectivity index (χ4v) is 2.24. The molecule has 1 aromatic carbocycles. The summed E-state index contributed by atoms with van der Waals surface area (Å²) >= 11 is 6.22. The van der Waals surface area contributed by atoms with Crippen molar-refractivity contribution in [3.8, 4) is 5.75 Å². The molecule has 1 fully saturated rings. The lowest BCUT2D eigenvalue weighted by molar-refractivity contribution is -0.127. The zero-order valence-corrected chi connectivity index (χ0v) is 13.4. The highest BCUT2D eigenvalue weighted by Crippen LogP contribution is 2.30. The first-order valence-electron chi connectivity index (χ1n) is 7.57. The normalized spacial score (nSPS) is 15.6. The Morgan fingerprint density at radius 3 is 2.90 bits per heavy atom. The highest BCUT2D eigenvalue weighted by Gasteiger charge is 2.27. The predicted octanol–water partition coefficient (Wildman–Crippen LogP) is 2.89. The van der Waals surface area contributed by atoms with Crippen LogP contribution in [0.15, 0.2) is 18.2 Å². The van der Waals surface area contributed by atoms with E-state index in [4.69, 9.17) is 16.3 Å². The molecule has 1 atom stereocenters. The number of carbonyl (C=O) groups is 1. The lowest BCUT2D eigenvalue weighted by Gasteiger charge is -2.18. The molecule has 0 aliphatic heterocycles. The molecule has 1 aliphatic rings. The zero-order chi connectivity index (χ0) is 15.2. The summed E-state index contributed by atoms with van der Waals surface area (Å²) in [7, 11) is 0. The Labute approximate surface area is 131 Å². The average molecular weight is 311 g/mol. The van der Waals surface area contributed by atoms with Gasteiger partial charge in [-0.2, -0.15) is 0 Å². The summed E-state index contributed by atoms with van der Waals surface area (Å²) in [6.45, 7) is 5.49. The van der Waals surface area contributed by atoms with Gasteiger partial charge in [-0.15, -0.1) is 0 Å². The molecular weight excluding hydrogens is 288 g/mol. The standard InChI is InChI=1S/C16H23ClN2O2/c1-3-9-18-10-12-5-4-6-14(17)15(12)21-11(2)16(20)19-13-7-8-13/h4-6,11,13,18H,3,7-10H2,1-2H3,(H,19,20). The van der Waals surface area contributed by atoms with E-state index in [9.17, 15) is 4.79 Å². The minimum atomic E-state index is -0.546. The van der Waals surface area contributed by atoms with E-state index in [0.717, 1.165) is 31.4 Å². The van der Waals surface area contributed by atoms with Gasteiger partial charge in [0.15, 0.2) is 6.10 Å². The van der Waals surface area contributed by atoms with E-state index < -0.39 is 6.10 Å². The first-order chi connectivity index (χ1) is 10.1. The first kappa shape index (κ1) is 16.1. The van der Waals surface area contributed by atoms with Gasteiger partial charge in [0.05, 0.1) is 5.02 Å². The number of para-hydroxylation sites is 1. The molecule has 1 aromatic rings. The molecule has 0 radical (unpaired) electrons. The second-order valence-corrected chi connectivity index (χ2v) is 5.86. The quantitative estimate of drug-likeness (QED) is 0.726. The average Bonchev–Trinajstić information content (AvgIpc) is 3.26. The number of halogens is 1. The third-order valence-electron chi connectivity index (χ3n) is 3.38. The van der Waals surface area contributed by atoms with Crippen molar-refractivity contribution in [2.45, 2.75) is 51.8 Å². The Morgan fingerprint density at radius 2 is 2.24 bits per heavy atom. The van der Waals surface area contributed by atoms with Gasteiger partial charge in [-0.3, -0.25) is 4.79 Å². The highest BCUT2D eigenvalue weighted by molar-refractivity contribution is 6.32. The van der Waals surface area contributed by atoms with Crippen molar-refractivity contribution in [2.24, 2.45) is 0 Å². The highest BCUT2D eigenvalue weighted by atomic mass is 35.5. The van der Waals surface area contributed by atoms with E-state index in [1.54, 1.807) is 13.0 Å². The van der Waals surface area contributed by atoms with Crippen molar-refractivity contribution in [1.82, 2.24) is 10.6 Å². The summed E-state index contributed by atoms with van der Waals surface area (Å²) in [4.78, 5) is 12.0. The Bertz CT molecular complexity index is 489. The molecule has 2 rings (SSSR count). The number of carbonyl (C=O) groups excluding carboxylic acids is 1. The largest absolute Gasteiger partial charge is 0.479 e. The van der Waals surface area contributed by atoms with Crippen molar-refractivity contribution in [1.29, 1.82) is 0 Å². The first-order valence-corrected chi connectivity index (χ1v) is 7.94. The van der Waals surface area contributed by atoms with Crippen LogP contribution >= 0.6 is 11.6 Å². The molecule has 5 heteroatoms. The van der Waals surface area contributed by atoms with Crippen molar-refractivity contribution in [3.63, 3.8) is 0 Å². The Balaban J connectivity index is 2.00. The number of rotatable bonds is 8. The Morgan fingerprint density at radius 1 is 1.48 bits per heavy atom. The maximum Gasteiger partial charge on any atom is 0.260 e. The molecular formula is C16H23ClN2O2.